The molecule has 4 nitrogen and oxygen atoms in total. The molecule has 1 aromatic carbocycles. The monoisotopic (exact) mass is 232 g/mol. The van der Waals surface area contributed by atoms with Gasteiger partial charge in [0, 0.05) is 0 Å². The fourth-order valence-corrected chi connectivity index (χ4v) is 1.35. The van der Waals surface area contributed by atoms with Crippen molar-refractivity contribution in [2.75, 3.05) is 13.0 Å². The van der Waals surface area contributed by atoms with Crippen LogP contribution in [0.25, 0.3) is 0 Å². The summed E-state index contributed by atoms with van der Waals surface area (Å²) < 4.78 is 4.87. The summed E-state index contributed by atoms with van der Waals surface area (Å²) in [6, 6.07) is 4.34. The number of aromatic hydroxyl groups is 1. The SMILES string of the molecule is COc1cc([C@H](O)[C@H](O)CCl)ccc1O. The number of ether oxygens (including phenoxy) is 1. The van der Waals surface area contributed by atoms with E-state index < -0.39 is 12.2 Å². The predicted molar refractivity (Wildman–Crippen MR) is 56.3 cm³/mol. The van der Waals surface area contributed by atoms with E-state index in [1.54, 1.807) is 0 Å². The highest BCUT2D eigenvalue weighted by atomic mass is 35.5. The van der Waals surface area contributed by atoms with E-state index in [-0.39, 0.29) is 17.4 Å². The number of phenols is 1. The van der Waals surface area contributed by atoms with Crippen molar-refractivity contribution < 1.29 is 20.1 Å². The maximum Gasteiger partial charge on any atom is 0.160 e. The van der Waals surface area contributed by atoms with Gasteiger partial charge >= 0.3 is 0 Å². The summed E-state index contributed by atoms with van der Waals surface area (Å²) in [6.45, 7) is 0. The molecule has 0 amide bonds. The molecule has 0 aliphatic heterocycles. The lowest BCUT2D eigenvalue weighted by Crippen LogP contribution is -2.19. The molecule has 0 heterocycles. The zero-order chi connectivity index (χ0) is 11.4. The smallest absolute Gasteiger partial charge is 0.160 e. The number of methoxy groups -OCH3 is 1. The highest BCUT2D eigenvalue weighted by Gasteiger charge is 2.18. The molecule has 0 spiro atoms. The van der Waals surface area contributed by atoms with E-state index in [0.29, 0.717) is 5.56 Å². The van der Waals surface area contributed by atoms with Crippen LogP contribution in [0.1, 0.15) is 11.7 Å². The number of hydrogen-bond acceptors (Lipinski definition) is 4. The van der Waals surface area contributed by atoms with Crippen LogP contribution in [0.2, 0.25) is 0 Å². The van der Waals surface area contributed by atoms with Crippen molar-refractivity contribution in [3.63, 3.8) is 0 Å². The highest BCUT2D eigenvalue weighted by Crippen LogP contribution is 2.30. The van der Waals surface area contributed by atoms with E-state index in [4.69, 9.17) is 16.3 Å². The molecular formula is C10H13ClO4. The summed E-state index contributed by atoms with van der Waals surface area (Å²) in [5, 5.41) is 28.3. The third kappa shape index (κ3) is 2.75. The van der Waals surface area contributed by atoms with Gasteiger partial charge in [0.25, 0.3) is 0 Å². The first-order chi connectivity index (χ1) is 7.10. The van der Waals surface area contributed by atoms with E-state index in [1.165, 1.54) is 25.3 Å². The Morgan fingerprint density at radius 3 is 2.60 bits per heavy atom. The molecule has 0 fully saturated rings. The largest absolute Gasteiger partial charge is 0.504 e. The molecule has 0 saturated carbocycles. The third-order valence-corrected chi connectivity index (χ3v) is 2.38. The van der Waals surface area contributed by atoms with Gasteiger partial charge in [0.1, 0.15) is 6.10 Å². The van der Waals surface area contributed by atoms with Gasteiger partial charge in [-0.25, -0.2) is 0 Å². The van der Waals surface area contributed by atoms with Gasteiger partial charge in [0.15, 0.2) is 11.5 Å². The second-order valence-electron chi connectivity index (χ2n) is 3.10. The molecule has 0 bridgehead atoms. The maximum atomic E-state index is 9.63. The number of phenolic OH excluding ortho intramolecular Hbond substituents is 1. The van der Waals surface area contributed by atoms with Crippen LogP contribution >= 0.6 is 11.6 Å². The van der Waals surface area contributed by atoms with E-state index in [9.17, 15) is 15.3 Å². The summed E-state index contributed by atoms with van der Waals surface area (Å²) in [7, 11) is 1.41. The van der Waals surface area contributed by atoms with Gasteiger partial charge in [0.05, 0.1) is 19.1 Å². The van der Waals surface area contributed by atoms with Gasteiger partial charge in [-0.1, -0.05) is 6.07 Å². The van der Waals surface area contributed by atoms with Gasteiger partial charge < -0.3 is 20.1 Å². The molecule has 0 aliphatic rings. The van der Waals surface area contributed by atoms with E-state index in [1.807, 2.05) is 0 Å². The maximum absolute atomic E-state index is 9.63. The van der Waals surface area contributed by atoms with Gasteiger partial charge in [-0.3, -0.25) is 0 Å². The van der Waals surface area contributed by atoms with Crippen LogP contribution in [0.3, 0.4) is 0 Å². The average molecular weight is 233 g/mol. The number of benzene rings is 1. The highest BCUT2D eigenvalue weighted by molar-refractivity contribution is 6.18. The second kappa shape index (κ2) is 5.21. The fraction of sp³-hybridized carbons (Fsp3) is 0.400. The van der Waals surface area contributed by atoms with Crippen molar-refractivity contribution in [3.8, 4) is 11.5 Å². The summed E-state index contributed by atoms with van der Waals surface area (Å²) in [6.07, 6.45) is -2.13. The zero-order valence-electron chi connectivity index (χ0n) is 8.22. The number of aliphatic hydroxyl groups is 2. The normalized spacial score (nSPS) is 14.7. The third-order valence-electron chi connectivity index (χ3n) is 2.07. The van der Waals surface area contributed by atoms with Crippen molar-refractivity contribution in [2.24, 2.45) is 0 Å². The molecule has 1 rings (SSSR count). The average Bonchev–Trinajstić information content (AvgIpc) is 2.27. The quantitative estimate of drug-likeness (QED) is 0.679. The first kappa shape index (κ1) is 12.1. The first-order valence-electron chi connectivity index (χ1n) is 4.39. The molecule has 84 valence electrons. The molecule has 0 unspecified atom stereocenters. The number of aliphatic hydroxyl groups excluding tert-OH is 2. The van der Waals surface area contributed by atoms with Gasteiger partial charge in [-0.2, -0.15) is 0 Å². The number of rotatable bonds is 4. The number of hydrogen-bond donors (Lipinski definition) is 3. The van der Waals surface area contributed by atoms with Crippen LogP contribution in [-0.4, -0.2) is 34.4 Å². The van der Waals surface area contributed by atoms with Gasteiger partial charge in [-0.05, 0) is 17.7 Å². The molecule has 0 radical (unpaired) electrons. The molecule has 0 aromatic heterocycles. The van der Waals surface area contributed by atoms with Crippen LogP contribution in [0.4, 0.5) is 0 Å². The van der Waals surface area contributed by atoms with Crippen LogP contribution in [0.15, 0.2) is 18.2 Å². The molecule has 0 saturated heterocycles. The molecule has 15 heavy (non-hydrogen) atoms. The Balaban J connectivity index is 2.95. The van der Waals surface area contributed by atoms with Gasteiger partial charge in [0.2, 0.25) is 0 Å². The van der Waals surface area contributed by atoms with Crippen molar-refractivity contribution in [3.05, 3.63) is 23.8 Å². The van der Waals surface area contributed by atoms with Crippen LogP contribution in [0, 0.1) is 0 Å². The zero-order valence-corrected chi connectivity index (χ0v) is 8.98. The van der Waals surface area contributed by atoms with Gasteiger partial charge in [-0.15, -0.1) is 11.6 Å². The fourth-order valence-electron chi connectivity index (χ4n) is 1.18. The summed E-state index contributed by atoms with van der Waals surface area (Å²) >= 11 is 5.41. The van der Waals surface area contributed by atoms with Crippen LogP contribution < -0.4 is 4.74 Å². The van der Waals surface area contributed by atoms with Crippen molar-refractivity contribution in [1.29, 1.82) is 0 Å². The van der Waals surface area contributed by atoms with Crippen molar-refractivity contribution in [1.82, 2.24) is 0 Å². The lowest BCUT2D eigenvalue weighted by atomic mass is 10.0. The van der Waals surface area contributed by atoms with E-state index >= 15 is 0 Å². The molecule has 1 aromatic rings. The van der Waals surface area contributed by atoms with Crippen molar-refractivity contribution in [2.45, 2.75) is 12.2 Å². The number of alkyl halides is 1. The lowest BCUT2D eigenvalue weighted by Gasteiger charge is -2.16. The minimum absolute atomic E-state index is 0.0196. The minimum Gasteiger partial charge on any atom is -0.504 e. The molecule has 0 aliphatic carbocycles. The Morgan fingerprint density at radius 1 is 1.40 bits per heavy atom. The van der Waals surface area contributed by atoms with E-state index in [0.717, 1.165) is 0 Å². The topological polar surface area (TPSA) is 69.9 Å². The second-order valence-corrected chi connectivity index (χ2v) is 3.41. The lowest BCUT2D eigenvalue weighted by molar-refractivity contribution is 0.0325. The predicted octanol–water partition coefficient (Wildman–Crippen LogP) is 1.03. The Labute approximate surface area is 92.7 Å². The molecule has 5 heteroatoms. The molecular weight excluding hydrogens is 220 g/mol. The van der Waals surface area contributed by atoms with Crippen LogP contribution in [0.5, 0.6) is 11.5 Å². The Bertz CT molecular complexity index is 329. The summed E-state index contributed by atoms with van der Waals surface area (Å²) in [5.74, 6) is 0.159. The van der Waals surface area contributed by atoms with Crippen LogP contribution in [-0.2, 0) is 0 Å². The first-order valence-corrected chi connectivity index (χ1v) is 4.92. The summed E-state index contributed by atoms with van der Waals surface area (Å²) in [4.78, 5) is 0. The van der Waals surface area contributed by atoms with Crippen molar-refractivity contribution >= 4 is 11.6 Å². The van der Waals surface area contributed by atoms with E-state index in [2.05, 4.69) is 0 Å². The Hall–Kier alpha value is -0.970. The number of halogens is 1. The Morgan fingerprint density at radius 2 is 2.07 bits per heavy atom. The minimum atomic E-state index is -1.09. The standard InChI is InChI=1S/C10H13ClO4/c1-15-9-4-6(2-3-7(9)12)10(14)8(13)5-11/h2-4,8,10,12-14H,5H2,1H3/t8-,10+/m1/s1. The molecule has 2 atom stereocenters. The summed E-state index contributed by atoms with van der Waals surface area (Å²) in [5.41, 5.74) is 0.442. The Kier molecular flexibility index (Phi) is 4.20. The molecule has 3 N–H and O–H groups in total.